The van der Waals surface area contributed by atoms with E-state index in [1.807, 2.05) is 69.3 Å². The van der Waals surface area contributed by atoms with Crippen LogP contribution in [0, 0.1) is 17.8 Å². The van der Waals surface area contributed by atoms with Gasteiger partial charge in [-0.15, -0.1) is 0 Å². The van der Waals surface area contributed by atoms with Gasteiger partial charge in [0.25, 0.3) is 0 Å². The molecule has 3 saturated carbocycles. The number of amides is 2. The molecule has 4 atom stereocenters. The summed E-state index contributed by atoms with van der Waals surface area (Å²) in [6.45, 7) is 6.30. The van der Waals surface area contributed by atoms with Crippen molar-refractivity contribution in [3.63, 3.8) is 0 Å². The summed E-state index contributed by atoms with van der Waals surface area (Å²) in [5, 5.41) is 7.02. The van der Waals surface area contributed by atoms with E-state index >= 15 is 0 Å². The van der Waals surface area contributed by atoms with E-state index in [-0.39, 0.29) is 53.8 Å². The minimum Gasteiger partial charge on any atom is -0.493 e. The lowest BCUT2D eigenvalue weighted by Gasteiger charge is -2.40. The molecule has 1 heterocycles. The Bertz CT molecular complexity index is 1900. The number of rotatable bonds is 11. The monoisotopic (exact) mass is 805 g/mol. The van der Waals surface area contributed by atoms with Crippen molar-refractivity contribution in [1.29, 1.82) is 0 Å². The molecule has 2 amide bonds. The van der Waals surface area contributed by atoms with Gasteiger partial charge in [0.15, 0.2) is 0 Å². The van der Waals surface area contributed by atoms with E-state index in [1.54, 1.807) is 24.3 Å². The number of benzene rings is 3. The molecule has 7 rings (SSSR count). The first-order chi connectivity index (χ1) is 26.8. The van der Waals surface area contributed by atoms with E-state index in [1.165, 1.54) is 23.6 Å². The lowest BCUT2D eigenvalue weighted by molar-refractivity contribution is -0.128. The van der Waals surface area contributed by atoms with E-state index in [4.69, 9.17) is 25.8 Å². The molecule has 1 aliphatic heterocycles. The molecule has 3 aliphatic carbocycles. The number of halogens is 1. The molecule has 0 spiro atoms. The highest BCUT2D eigenvalue weighted by Gasteiger charge is 2.46. The number of carbonyl (C=O) groups is 2. The Morgan fingerprint density at radius 3 is 2.00 bits per heavy atom. The molecule has 4 fully saturated rings. The summed E-state index contributed by atoms with van der Waals surface area (Å²) in [5.74, 6) is 1.90. The van der Waals surface area contributed by atoms with Crippen molar-refractivity contribution in [2.45, 2.75) is 126 Å². The summed E-state index contributed by atoms with van der Waals surface area (Å²) in [7, 11) is -4.04. The second-order valence-corrected chi connectivity index (χ2v) is 19.5. The van der Waals surface area contributed by atoms with Crippen LogP contribution >= 0.6 is 11.6 Å². The minimum absolute atomic E-state index is 0.0111. The Morgan fingerprint density at radius 1 is 0.768 bits per heavy atom. The van der Waals surface area contributed by atoms with Gasteiger partial charge in [-0.05, 0) is 143 Å². The number of piperidine rings is 1. The van der Waals surface area contributed by atoms with Gasteiger partial charge in [-0.2, -0.15) is 4.31 Å². The fourth-order valence-corrected chi connectivity index (χ4v) is 10.9. The maximum Gasteiger partial charge on any atom is 0.407 e. The van der Waals surface area contributed by atoms with Crippen LogP contribution in [-0.2, 0) is 19.6 Å². The number of sulfonamides is 1. The van der Waals surface area contributed by atoms with Gasteiger partial charge in [-0.1, -0.05) is 55.1 Å². The van der Waals surface area contributed by atoms with Crippen molar-refractivity contribution in [1.82, 2.24) is 14.9 Å². The van der Waals surface area contributed by atoms with Crippen LogP contribution in [0.3, 0.4) is 0 Å². The Labute approximate surface area is 337 Å². The van der Waals surface area contributed by atoms with Crippen LogP contribution in [0.4, 0.5) is 4.79 Å². The Morgan fingerprint density at radius 2 is 1.38 bits per heavy atom. The highest BCUT2D eigenvalue weighted by molar-refractivity contribution is 7.89. The summed E-state index contributed by atoms with van der Waals surface area (Å²) in [6.07, 6.45) is 9.20. The molecule has 2 bridgehead atoms. The van der Waals surface area contributed by atoms with Gasteiger partial charge < -0.3 is 24.8 Å². The molecule has 12 heteroatoms. The first kappa shape index (κ1) is 40.4. The van der Waals surface area contributed by atoms with Crippen molar-refractivity contribution in [3.8, 4) is 22.6 Å². The maximum absolute atomic E-state index is 14.3. The highest BCUT2D eigenvalue weighted by Crippen LogP contribution is 2.43. The van der Waals surface area contributed by atoms with Gasteiger partial charge in [0.05, 0.1) is 11.5 Å². The second-order valence-electron chi connectivity index (χ2n) is 17.2. The topological polar surface area (TPSA) is 123 Å². The van der Waals surface area contributed by atoms with Crippen LogP contribution in [0.5, 0.6) is 11.5 Å². The molecular weight excluding hydrogens is 750 g/mol. The van der Waals surface area contributed by atoms with Crippen molar-refractivity contribution < 1.29 is 32.2 Å². The average Bonchev–Trinajstić information content (AvgIpc) is 3.39. The zero-order valence-electron chi connectivity index (χ0n) is 32.8. The molecule has 3 aromatic carbocycles. The summed E-state index contributed by atoms with van der Waals surface area (Å²) < 4.78 is 48.0. The Kier molecular flexibility index (Phi) is 12.5. The lowest BCUT2D eigenvalue weighted by Crippen LogP contribution is -2.58. The van der Waals surface area contributed by atoms with E-state index in [0.717, 1.165) is 36.8 Å². The molecule has 0 aromatic heterocycles. The number of alkyl carbamates (subject to hydrolysis) is 1. The molecule has 2 N–H and O–H groups in total. The molecule has 4 aliphatic rings. The molecule has 56 heavy (non-hydrogen) atoms. The Balaban J connectivity index is 1.04. The SMILES string of the molecule is CC(C)(C)OC(=O)NC1C2CCC1CC(NC(=O)[C@H]1C[C@H](Oc3ccc(-c4ccc(Cl)cc4)cc3)CCN1S(=O)(=O)c1ccc(OCC3CCCCC3)cc1)C2. The first-order valence-electron chi connectivity index (χ1n) is 20.4. The number of hydrogen-bond acceptors (Lipinski definition) is 7. The molecular formula is C44H56ClN3O7S. The molecule has 1 saturated heterocycles. The van der Waals surface area contributed by atoms with E-state index < -0.39 is 27.8 Å². The largest absolute Gasteiger partial charge is 0.493 e. The Hall–Kier alpha value is -3.80. The van der Waals surface area contributed by atoms with Crippen molar-refractivity contribution in [2.24, 2.45) is 17.8 Å². The normalized spacial score (nSPS) is 25.9. The minimum atomic E-state index is -4.04. The van der Waals surface area contributed by atoms with Gasteiger partial charge in [-0.3, -0.25) is 4.79 Å². The third kappa shape index (κ3) is 10.0. The van der Waals surface area contributed by atoms with E-state index in [9.17, 15) is 18.0 Å². The van der Waals surface area contributed by atoms with Gasteiger partial charge in [-0.25, -0.2) is 13.2 Å². The zero-order chi connectivity index (χ0) is 39.5. The molecule has 3 aromatic rings. The van der Waals surface area contributed by atoms with Crippen LogP contribution < -0.4 is 20.1 Å². The summed E-state index contributed by atoms with van der Waals surface area (Å²) in [4.78, 5) is 27.1. The predicted molar refractivity (Wildman–Crippen MR) is 217 cm³/mol. The molecule has 10 nitrogen and oxygen atoms in total. The van der Waals surface area contributed by atoms with Gasteiger partial charge >= 0.3 is 6.09 Å². The van der Waals surface area contributed by atoms with E-state index in [0.29, 0.717) is 48.3 Å². The molecule has 302 valence electrons. The fraction of sp³-hybridized carbons (Fsp3) is 0.545. The molecule has 0 radical (unpaired) electrons. The van der Waals surface area contributed by atoms with Crippen molar-refractivity contribution in [2.75, 3.05) is 13.2 Å². The highest BCUT2D eigenvalue weighted by atomic mass is 35.5. The fourth-order valence-electron chi connectivity index (χ4n) is 9.14. The lowest BCUT2D eigenvalue weighted by atomic mass is 9.81. The smallest absolute Gasteiger partial charge is 0.407 e. The number of nitrogens with zero attached hydrogens (tertiary/aromatic N) is 1. The summed E-state index contributed by atoms with van der Waals surface area (Å²) in [5.41, 5.74) is 1.46. The van der Waals surface area contributed by atoms with Gasteiger partial charge in [0.2, 0.25) is 15.9 Å². The maximum atomic E-state index is 14.3. The van der Waals surface area contributed by atoms with Crippen LogP contribution in [0.2, 0.25) is 5.02 Å². The second kappa shape index (κ2) is 17.4. The van der Waals surface area contributed by atoms with Crippen molar-refractivity contribution >= 4 is 33.6 Å². The number of ether oxygens (including phenoxy) is 3. The van der Waals surface area contributed by atoms with E-state index in [2.05, 4.69) is 10.6 Å². The number of hydrogen-bond donors (Lipinski definition) is 2. The van der Waals surface area contributed by atoms with Crippen LogP contribution in [0.25, 0.3) is 11.1 Å². The third-order valence-corrected chi connectivity index (χ3v) is 14.1. The number of carbonyl (C=O) groups excluding carboxylic acids is 2. The van der Waals surface area contributed by atoms with Crippen LogP contribution in [-0.4, -0.2) is 67.7 Å². The number of fused-ring (bicyclic) bond motifs is 2. The molecule has 2 unspecified atom stereocenters. The van der Waals surface area contributed by atoms with Gasteiger partial charge in [0.1, 0.15) is 29.2 Å². The van der Waals surface area contributed by atoms with Crippen molar-refractivity contribution in [3.05, 3.63) is 77.8 Å². The number of nitrogens with one attached hydrogen (secondary N) is 2. The standard InChI is InChI=1S/C44H56ClN3O7S/c1-44(2,3)55-43(50)47-41-32-9-10-33(41)26-35(25-32)46-42(49)40-27-38(54-37-17-13-31(14-18-37)30-11-15-34(45)16-12-30)23-24-48(40)56(51,52)39-21-19-36(20-22-39)53-28-29-7-5-4-6-8-29/h11-22,29,32-33,35,38,40-41H,4-10,23-28H2,1-3H3,(H,46,49)(H,47,50)/t32?,33?,35?,38-,40-,41?/m1/s1. The van der Waals surface area contributed by atoms with Gasteiger partial charge in [0, 0.05) is 30.1 Å². The summed E-state index contributed by atoms with van der Waals surface area (Å²) in [6, 6.07) is 20.9. The average molecular weight is 806 g/mol. The quantitative estimate of drug-likeness (QED) is 0.199. The zero-order valence-corrected chi connectivity index (χ0v) is 34.3. The predicted octanol–water partition coefficient (Wildman–Crippen LogP) is 8.76. The third-order valence-electron chi connectivity index (χ3n) is 11.9. The first-order valence-corrected chi connectivity index (χ1v) is 22.2. The van der Waals surface area contributed by atoms with Crippen LogP contribution in [0.15, 0.2) is 77.7 Å². The van der Waals surface area contributed by atoms with Crippen LogP contribution in [0.1, 0.15) is 91.4 Å². The summed E-state index contributed by atoms with van der Waals surface area (Å²) >= 11 is 6.08.